The van der Waals surface area contributed by atoms with Crippen LogP contribution in [0.5, 0.6) is 5.75 Å². The van der Waals surface area contributed by atoms with Crippen LogP contribution in [0.2, 0.25) is 0 Å². The first-order chi connectivity index (χ1) is 13.5. The first-order valence-electron chi connectivity index (χ1n) is 10.1. The number of allylic oxidation sites excluding steroid dienone is 2. The molecule has 1 spiro atoms. The summed E-state index contributed by atoms with van der Waals surface area (Å²) in [7, 11) is 0. The number of benzene rings is 1. The van der Waals surface area contributed by atoms with Gasteiger partial charge in [0.2, 0.25) is 5.79 Å². The minimum absolute atomic E-state index is 0.362. The maximum absolute atomic E-state index is 11.3. The molecule has 4 rings (SSSR count). The summed E-state index contributed by atoms with van der Waals surface area (Å²) in [5.74, 6) is 5.16. The molecule has 28 heavy (non-hydrogen) atoms. The van der Waals surface area contributed by atoms with Crippen molar-refractivity contribution in [3.05, 3.63) is 47.6 Å². The number of hydrazine groups is 1. The van der Waals surface area contributed by atoms with Crippen LogP contribution < -0.4 is 16.0 Å². The molecule has 150 valence electrons. The molecule has 1 saturated heterocycles. The van der Waals surface area contributed by atoms with E-state index >= 15 is 0 Å². The van der Waals surface area contributed by atoms with Gasteiger partial charge in [0.1, 0.15) is 5.75 Å². The Morgan fingerprint density at radius 2 is 2.07 bits per heavy atom. The Hall–Kier alpha value is -2.15. The van der Waals surface area contributed by atoms with E-state index in [0.717, 1.165) is 60.0 Å². The van der Waals surface area contributed by atoms with E-state index in [-0.39, 0.29) is 5.91 Å². The van der Waals surface area contributed by atoms with Crippen molar-refractivity contribution in [2.75, 3.05) is 13.1 Å². The zero-order valence-corrected chi connectivity index (χ0v) is 16.5. The van der Waals surface area contributed by atoms with E-state index in [9.17, 15) is 4.79 Å². The number of nitrogens with zero attached hydrogens (tertiary/aromatic N) is 1. The summed E-state index contributed by atoms with van der Waals surface area (Å²) in [5, 5.41) is 0. The number of likely N-dealkylation sites (tertiary alicyclic amines) is 1. The van der Waals surface area contributed by atoms with E-state index < -0.39 is 5.79 Å². The van der Waals surface area contributed by atoms with E-state index in [4.69, 9.17) is 15.3 Å². The summed E-state index contributed by atoms with van der Waals surface area (Å²) >= 11 is 0. The molecule has 6 heteroatoms. The van der Waals surface area contributed by atoms with Crippen LogP contribution in [-0.4, -0.2) is 35.7 Å². The zero-order valence-electron chi connectivity index (χ0n) is 16.5. The van der Waals surface area contributed by atoms with Crippen LogP contribution in [0.25, 0.3) is 5.57 Å². The molecular weight excluding hydrogens is 354 g/mol. The van der Waals surface area contributed by atoms with Gasteiger partial charge >= 0.3 is 0 Å². The van der Waals surface area contributed by atoms with Crippen molar-refractivity contribution >= 4 is 11.5 Å². The van der Waals surface area contributed by atoms with Crippen LogP contribution in [0.1, 0.15) is 48.8 Å². The van der Waals surface area contributed by atoms with Crippen molar-refractivity contribution in [2.24, 2.45) is 5.84 Å². The molecule has 2 fully saturated rings. The highest BCUT2D eigenvalue weighted by molar-refractivity contribution is 5.90. The van der Waals surface area contributed by atoms with Crippen molar-refractivity contribution in [2.45, 2.75) is 57.5 Å². The molecule has 1 amide bonds. The Morgan fingerprint density at radius 3 is 2.71 bits per heavy atom. The number of carbonyl (C=O) groups is 1. The van der Waals surface area contributed by atoms with Crippen molar-refractivity contribution in [3.63, 3.8) is 0 Å². The van der Waals surface area contributed by atoms with E-state index in [0.29, 0.717) is 6.61 Å². The third kappa shape index (κ3) is 3.60. The summed E-state index contributed by atoms with van der Waals surface area (Å²) < 4.78 is 12.7. The number of carbonyl (C=O) groups excluding carboxylic acids is 1. The first-order valence-corrected chi connectivity index (χ1v) is 10.1. The molecule has 0 atom stereocenters. The van der Waals surface area contributed by atoms with Gasteiger partial charge in [0.15, 0.2) is 0 Å². The topological polar surface area (TPSA) is 76.8 Å². The second-order valence-electron chi connectivity index (χ2n) is 8.00. The average molecular weight is 383 g/mol. The summed E-state index contributed by atoms with van der Waals surface area (Å²) in [5.41, 5.74) is 5.93. The molecule has 1 aromatic rings. The van der Waals surface area contributed by atoms with Crippen molar-refractivity contribution in [1.29, 1.82) is 0 Å². The van der Waals surface area contributed by atoms with Gasteiger partial charge in [0.05, 0.1) is 6.61 Å². The Kier molecular flexibility index (Phi) is 5.27. The first kappa shape index (κ1) is 19.2. The smallest absolute Gasteiger partial charge is 0.257 e. The van der Waals surface area contributed by atoms with Gasteiger partial charge in [-0.3, -0.25) is 15.1 Å². The second kappa shape index (κ2) is 7.70. The maximum atomic E-state index is 11.3. The average Bonchev–Trinajstić information content (AvgIpc) is 2.66. The SMILES string of the molecule is C=C(/C=C\C(=O)NN)c1ccc2c(c1C)COC1(CCN(C3CCC3)CC1)O2. The van der Waals surface area contributed by atoms with Crippen LogP contribution in [0, 0.1) is 6.92 Å². The van der Waals surface area contributed by atoms with E-state index in [1.165, 1.54) is 25.3 Å². The van der Waals surface area contributed by atoms with Crippen LogP contribution in [0.4, 0.5) is 0 Å². The Morgan fingerprint density at radius 1 is 1.32 bits per heavy atom. The quantitative estimate of drug-likeness (QED) is 0.275. The van der Waals surface area contributed by atoms with Gasteiger partial charge in [-0.1, -0.05) is 19.1 Å². The molecule has 2 aliphatic heterocycles. The van der Waals surface area contributed by atoms with Crippen LogP contribution in [0.3, 0.4) is 0 Å². The molecule has 2 heterocycles. The number of amides is 1. The number of fused-ring (bicyclic) bond motifs is 1. The maximum Gasteiger partial charge on any atom is 0.257 e. The van der Waals surface area contributed by atoms with Gasteiger partial charge in [-0.25, -0.2) is 5.84 Å². The van der Waals surface area contributed by atoms with Gasteiger partial charge in [0.25, 0.3) is 5.91 Å². The minimum Gasteiger partial charge on any atom is -0.462 e. The van der Waals surface area contributed by atoms with Crippen LogP contribution in [-0.2, 0) is 16.1 Å². The van der Waals surface area contributed by atoms with Crippen molar-refractivity contribution in [1.82, 2.24) is 10.3 Å². The number of rotatable bonds is 4. The second-order valence-corrected chi connectivity index (χ2v) is 8.00. The van der Waals surface area contributed by atoms with Crippen LogP contribution >= 0.6 is 0 Å². The molecular formula is C22H29N3O3. The molecule has 0 unspecified atom stereocenters. The highest BCUT2D eigenvalue weighted by atomic mass is 16.7. The lowest BCUT2D eigenvalue weighted by Crippen LogP contribution is -2.54. The third-order valence-electron chi connectivity index (χ3n) is 6.41. The number of hydrogen-bond acceptors (Lipinski definition) is 5. The fourth-order valence-corrected chi connectivity index (χ4v) is 4.33. The van der Waals surface area contributed by atoms with E-state index in [2.05, 4.69) is 16.9 Å². The van der Waals surface area contributed by atoms with Crippen molar-refractivity contribution in [3.8, 4) is 5.75 Å². The molecule has 0 aromatic heterocycles. The van der Waals surface area contributed by atoms with Gasteiger partial charge < -0.3 is 9.47 Å². The molecule has 3 N–H and O–H groups in total. The lowest BCUT2D eigenvalue weighted by Gasteiger charge is -2.47. The summed E-state index contributed by atoms with van der Waals surface area (Å²) in [6.07, 6.45) is 8.90. The molecule has 1 aromatic carbocycles. The summed E-state index contributed by atoms with van der Waals surface area (Å²) in [6.45, 7) is 8.74. The Bertz CT molecular complexity index is 805. The number of piperidine rings is 1. The molecule has 1 saturated carbocycles. The van der Waals surface area contributed by atoms with Crippen molar-refractivity contribution < 1.29 is 14.3 Å². The van der Waals surface area contributed by atoms with E-state index in [1.54, 1.807) is 6.08 Å². The number of hydrogen-bond donors (Lipinski definition) is 2. The Labute approximate surface area is 166 Å². The normalized spacial score (nSPS) is 21.8. The number of nitrogens with one attached hydrogen (secondary N) is 1. The third-order valence-corrected chi connectivity index (χ3v) is 6.41. The number of nitrogens with two attached hydrogens (primary N) is 1. The molecule has 1 aliphatic carbocycles. The highest BCUT2D eigenvalue weighted by Crippen LogP contribution is 2.41. The lowest BCUT2D eigenvalue weighted by atomic mass is 9.88. The van der Waals surface area contributed by atoms with Crippen LogP contribution in [0.15, 0.2) is 30.9 Å². The monoisotopic (exact) mass is 383 g/mol. The minimum atomic E-state index is -0.489. The highest BCUT2D eigenvalue weighted by Gasteiger charge is 2.43. The van der Waals surface area contributed by atoms with Gasteiger partial charge in [-0.2, -0.15) is 0 Å². The Balaban J connectivity index is 1.47. The summed E-state index contributed by atoms with van der Waals surface area (Å²) in [4.78, 5) is 13.9. The standard InChI is InChI=1S/C22H29N3O3/c1-15(6-9-21(26)24-23)18-7-8-20-19(16(18)2)14-27-22(28-20)10-12-25(13-11-22)17-4-3-5-17/h6-9,17H,1,3-5,10-14,23H2,2H3,(H,24,26)/b9-6-. The fraction of sp³-hybridized carbons (Fsp3) is 0.500. The van der Waals surface area contributed by atoms with E-state index in [1.807, 2.05) is 19.1 Å². The molecule has 0 radical (unpaired) electrons. The zero-order chi connectivity index (χ0) is 19.7. The van der Waals surface area contributed by atoms with Gasteiger partial charge in [-0.15, -0.1) is 0 Å². The molecule has 6 nitrogen and oxygen atoms in total. The number of ether oxygens (including phenoxy) is 2. The van der Waals surface area contributed by atoms with Gasteiger partial charge in [-0.05, 0) is 48.6 Å². The predicted octanol–water partition coefficient (Wildman–Crippen LogP) is 2.81. The molecule has 3 aliphatic rings. The van der Waals surface area contributed by atoms with Gasteiger partial charge in [0, 0.05) is 43.6 Å². The predicted molar refractivity (Wildman–Crippen MR) is 108 cm³/mol. The summed E-state index contributed by atoms with van der Waals surface area (Å²) in [6, 6.07) is 4.78. The fourth-order valence-electron chi connectivity index (χ4n) is 4.33. The largest absolute Gasteiger partial charge is 0.462 e. The lowest BCUT2D eigenvalue weighted by molar-refractivity contribution is -0.231. The molecule has 0 bridgehead atoms.